The van der Waals surface area contributed by atoms with Crippen LogP contribution in [-0.4, -0.2) is 34.9 Å². The predicted molar refractivity (Wildman–Crippen MR) is 110 cm³/mol. The molecule has 166 valence electrons. The molecular weight excluding hydrogens is 425 g/mol. The Morgan fingerprint density at radius 1 is 1.06 bits per heavy atom. The second-order valence-electron chi connectivity index (χ2n) is 7.34. The number of fused-ring (bicyclic) bond motifs is 1. The van der Waals surface area contributed by atoms with Crippen LogP contribution in [-0.2, 0) is 11.0 Å². The van der Waals surface area contributed by atoms with Crippen molar-refractivity contribution in [1.29, 1.82) is 0 Å². The third-order valence-electron chi connectivity index (χ3n) is 4.90. The van der Waals surface area contributed by atoms with Gasteiger partial charge in [0.1, 0.15) is 18.2 Å². The fourth-order valence-corrected chi connectivity index (χ4v) is 3.07. The minimum absolute atomic E-state index is 0.0238. The summed E-state index contributed by atoms with van der Waals surface area (Å²) in [5.41, 5.74) is -0.286. The highest BCUT2D eigenvalue weighted by atomic mass is 19.4. The Morgan fingerprint density at radius 3 is 2.59 bits per heavy atom. The molecule has 0 atom stereocenters. The first-order valence-electron chi connectivity index (χ1n) is 9.95. The van der Waals surface area contributed by atoms with Crippen LogP contribution in [0.4, 0.5) is 19.0 Å². The minimum Gasteiger partial charge on any atom is -0.491 e. The van der Waals surface area contributed by atoms with Gasteiger partial charge in [-0.3, -0.25) is 14.6 Å². The minimum atomic E-state index is -4.45. The molecule has 3 aromatic rings. The lowest BCUT2D eigenvalue weighted by atomic mass is 10.1. The van der Waals surface area contributed by atoms with Crippen LogP contribution in [0.15, 0.2) is 48.8 Å². The second-order valence-corrected chi connectivity index (χ2v) is 7.34. The number of anilines is 1. The highest BCUT2D eigenvalue weighted by Crippen LogP contribution is 2.33. The lowest BCUT2D eigenvalue weighted by Gasteiger charge is -2.12. The van der Waals surface area contributed by atoms with E-state index in [1.807, 2.05) is 0 Å². The number of pyridine rings is 2. The van der Waals surface area contributed by atoms with Gasteiger partial charge < -0.3 is 15.4 Å². The molecule has 0 bridgehead atoms. The van der Waals surface area contributed by atoms with E-state index in [1.165, 1.54) is 30.6 Å². The fraction of sp³-hybridized carbons (Fsp3) is 0.273. The maximum Gasteiger partial charge on any atom is 0.416 e. The van der Waals surface area contributed by atoms with Gasteiger partial charge in [0, 0.05) is 29.3 Å². The highest BCUT2D eigenvalue weighted by Gasteiger charge is 2.31. The molecule has 1 fully saturated rings. The van der Waals surface area contributed by atoms with Crippen molar-refractivity contribution in [3.8, 4) is 5.75 Å². The van der Waals surface area contributed by atoms with E-state index in [4.69, 9.17) is 4.74 Å². The molecule has 2 amide bonds. The zero-order valence-electron chi connectivity index (χ0n) is 16.8. The summed E-state index contributed by atoms with van der Waals surface area (Å²) in [6, 6.07) is 7.82. The molecule has 0 saturated heterocycles. The number of carbonyl (C=O) groups excluding carboxylic acids is 2. The number of hydrogen-bond donors (Lipinski definition) is 2. The lowest BCUT2D eigenvalue weighted by Crippen LogP contribution is -2.28. The van der Waals surface area contributed by atoms with E-state index >= 15 is 0 Å². The van der Waals surface area contributed by atoms with E-state index in [0.29, 0.717) is 22.5 Å². The number of rotatable bonds is 7. The topological polar surface area (TPSA) is 93.2 Å². The molecule has 2 aromatic heterocycles. The Balaban J connectivity index is 1.33. The van der Waals surface area contributed by atoms with Gasteiger partial charge in [0.15, 0.2) is 0 Å². The number of carbonyl (C=O) groups is 2. The van der Waals surface area contributed by atoms with Gasteiger partial charge in [-0.1, -0.05) is 0 Å². The molecular formula is C22H19F3N4O3. The zero-order valence-corrected chi connectivity index (χ0v) is 16.8. The van der Waals surface area contributed by atoms with Crippen molar-refractivity contribution < 1.29 is 27.5 Å². The standard InChI is InChI=1S/C22H19F3N4O3/c23-22(24,25)15-3-4-16-17(12-15)26-8-6-18(16)32-10-9-28-20(30)14-5-7-27-19(11-14)29-21(31)13-1-2-13/h3-8,11-13H,1-2,9-10H2,(H,28,30)(H,27,29,31). The molecule has 1 aromatic carbocycles. The van der Waals surface area contributed by atoms with Crippen molar-refractivity contribution in [2.24, 2.45) is 5.92 Å². The Kier molecular flexibility index (Phi) is 5.93. The molecule has 2 N–H and O–H groups in total. The number of nitrogens with one attached hydrogen (secondary N) is 2. The molecule has 32 heavy (non-hydrogen) atoms. The first kappa shape index (κ1) is 21.5. The summed E-state index contributed by atoms with van der Waals surface area (Å²) in [5, 5.41) is 5.82. The SMILES string of the molecule is O=C(NCCOc1ccnc2cc(C(F)(F)F)ccc12)c1ccnc(NC(=O)C2CC2)c1. The van der Waals surface area contributed by atoms with E-state index in [0.717, 1.165) is 25.0 Å². The van der Waals surface area contributed by atoms with E-state index in [-0.39, 0.29) is 36.4 Å². The van der Waals surface area contributed by atoms with Gasteiger partial charge in [0.05, 0.1) is 17.6 Å². The maximum atomic E-state index is 12.9. The van der Waals surface area contributed by atoms with Crippen molar-refractivity contribution in [2.75, 3.05) is 18.5 Å². The van der Waals surface area contributed by atoms with Crippen LogP contribution >= 0.6 is 0 Å². The number of halogens is 3. The number of alkyl halides is 3. The molecule has 1 saturated carbocycles. The molecule has 2 heterocycles. The van der Waals surface area contributed by atoms with Crippen LogP contribution in [0.2, 0.25) is 0 Å². The summed E-state index contributed by atoms with van der Waals surface area (Å²) >= 11 is 0. The summed E-state index contributed by atoms with van der Waals surface area (Å²) in [5.74, 6) is 0.234. The predicted octanol–water partition coefficient (Wildman–Crippen LogP) is 3.81. The first-order chi connectivity index (χ1) is 15.3. The number of aromatic nitrogens is 2. The van der Waals surface area contributed by atoms with Crippen LogP contribution in [0.5, 0.6) is 5.75 Å². The summed E-state index contributed by atoms with van der Waals surface area (Å²) in [6.07, 6.45) is 0.0755. The largest absolute Gasteiger partial charge is 0.491 e. The van der Waals surface area contributed by atoms with Gasteiger partial charge in [-0.2, -0.15) is 13.2 Å². The number of amides is 2. The number of hydrogen-bond acceptors (Lipinski definition) is 5. The quantitative estimate of drug-likeness (QED) is 0.541. The second kappa shape index (κ2) is 8.81. The van der Waals surface area contributed by atoms with Crippen LogP contribution in [0.25, 0.3) is 10.9 Å². The third-order valence-corrected chi connectivity index (χ3v) is 4.90. The Bertz CT molecular complexity index is 1160. The number of ether oxygens (including phenoxy) is 1. The van der Waals surface area contributed by atoms with Gasteiger partial charge in [0.25, 0.3) is 5.91 Å². The van der Waals surface area contributed by atoms with Gasteiger partial charge >= 0.3 is 6.18 Å². The molecule has 0 unspecified atom stereocenters. The third kappa shape index (κ3) is 5.13. The van der Waals surface area contributed by atoms with Crippen LogP contribution in [0.3, 0.4) is 0 Å². The van der Waals surface area contributed by atoms with E-state index in [9.17, 15) is 22.8 Å². The molecule has 1 aliphatic rings. The zero-order chi connectivity index (χ0) is 22.7. The Morgan fingerprint density at radius 2 is 1.84 bits per heavy atom. The van der Waals surface area contributed by atoms with Gasteiger partial charge in [-0.15, -0.1) is 0 Å². The van der Waals surface area contributed by atoms with E-state index in [2.05, 4.69) is 20.6 Å². The average molecular weight is 444 g/mol. The fourth-order valence-electron chi connectivity index (χ4n) is 3.07. The average Bonchev–Trinajstić information content (AvgIpc) is 3.61. The molecule has 7 nitrogen and oxygen atoms in total. The van der Waals surface area contributed by atoms with E-state index in [1.54, 1.807) is 6.07 Å². The summed E-state index contributed by atoms with van der Waals surface area (Å²) < 4.78 is 44.3. The molecule has 0 radical (unpaired) electrons. The highest BCUT2D eigenvalue weighted by molar-refractivity contribution is 5.97. The van der Waals surface area contributed by atoms with Gasteiger partial charge in [0.2, 0.25) is 5.91 Å². The molecule has 1 aliphatic carbocycles. The molecule has 10 heteroatoms. The number of nitrogens with zero attached hydrogens (tertiary/aromatic N) is 2. The monoisotopic (exact) mass is 444 g/mol. The van der Waals surface area contributed by atoms with Crippen LogP contribution < -0.4 is 15.4 Å². The summed E-state index contributed by atoms with van der Waals surface area (Å²) in [7, 11) is 0. The van der Waals surface area contributed by atoms with Crippen molar-refractivity contribution in [3.63, 3.8) is 0 Å². The van der Waals surface area contributed by atoms with E-state index < -0.39 is 11.7 Å². The smallest absolute Gasteiger partial charge is 0.416 e. The number of benzene rings is 1. The summed E-state index contributed by atoms with van der Waals surface area (Å²) in [6.45, 7) is 0.262. The Labute approximate surface area is 181 Å². The molecule has 0 spiro atoms. The molecule has 4 rings (SSSR count). The van der Waals surface area contributed by atoms with Gasteiger partial charge in [-0.25, -0.2) is 4.98 Å². The van der Waals surface area contributed by atoms with Crippen molar-refractivity contribution >= 4 is 28.5 Å². The lowest BCUT2D eigenvalue weighted by molar-refractivity contribution is -0.137. The normalized spacial score (nSPS) is 13.6. The van der Waals surface area contributed by atoms with Crippen LogP contribution in [0.1, 0.15) is 28.8 Å². The first-order valence-corrected chi connectivity index (χ1v) is 9.95. The Hall–Kier alpha value is -3.69. The van der Waals surface area contributed by atoms with Crippen molar-refractivity contribution in [1.82, 2.24) is 15.3 Å². The van der Waals surface area contributed by atoms with Gasteiger partial charge in [-0.05, 0) is 49.2 Å². The maximum absolute atomic E-state index is 12.9. The van der Waals surface area contributed by atoms with Crippen LogP contribution in [0, 0.1) is 5.92 Å². The molecule has 0 aliphatic heterocycles. The summed E-state index contributed by atoms with van der Waals surface area (Å²) in [4.78, 5) is 32.2. The van der Waals surface area contributed by atoms with Crippen molar-refractivity contribution in [2.45, 2.75) is 19.0 Å². The van der Waals surface area contributed by atoms with Crippen molar-refractivity contribution in [3.05, 3.63) is 59.9 Å².